The van der Waals surface area contributed by atoms with E-state index in [1.54, 1.807) is 37.4 Å². The Bertz CT molecular complexity index is 1440. The molecule has 1 N–H and O–H groups in total. The minimum Gasteiger partial charge on any atom is -0.497 e. The molecule has 0 saturated heterocycles. The van der Waals surface area contributed by atoms with Crippen LogP contribution in [-0.2, 0) is 14.8 Å². The number of ether oxygens (including phenoxy) is 3. The van der Waals surface area contributed by atoms with Gasteiger partial charge in [0.25, 0.3) is 10.0 Å². The highest BCUT2D eigenvalue weighted by molar-refractivity contribution is 7.92. The predicted octanol–water partition coefficient (Wildman–Crippen LogP) is 5.28. The molecule has 38 heavy (non-hydrogen) atoms. The molecule has 1 heterocycles. The maximum Gasteiger partial charge on any atom is 0.264 e. The zero-order chi connectivity index (χ0) is 27.7. The van der Waals surface area contributed by atoms with Crippen LogP contribution in [0.4, 0.5) is 5.69 Å². The van der Waals surface area contributed by atoms with Crippen molar-refractivity contribution in [3.8, 4) is 17.2 Å². The van der Waals surface area contributed by atoms with Crippen LogP contribution in [-0.4, -0.2) is 40.7 Å². The Morgan fingerprint density at radius 1 is 1.08 bits per heavy atom. The fourth-order valence-electron chi connectivity index (χ4n) is 4.42. The van der Waals surface area contributed by atoms with Crippen molar-refractivity contribution in [2.75, 3.05) is 25.1 Å². The number of nitrogens with one attached hydrogen (secondary N) is 1. The van der Waals surface area contributed by atoms with E-state index in [4.69, 9.17) is 25.8 Å². The lowest BCUT2D eigenvalue weighted by molar-refractivity contribution is -0.120. The molecule has 8 nitrogen and oxygen atoms in total. The number of rotatable bonds is 8. The smallest absolute Gasteiger partial charge is 0.264 e. The number of fused-ring (bicyclic) bond motifs is 1. The molecule has 1 aliphatic heterocycles. The molecule has 0 radical (unpaired) electrons. The summed E-state index contributed by atoms with van der Waals surface area (Å²) in [5.74, 6) is 1.17. The third-order valence-electron chi connectivity index (χ3n) is 6.33. The lowest BCUT2D eigenvalue weighted by Crippen LogP contribution is -2.45. The van der Waals surface area contributed by atoms with Gasteiger partial charge in [0.15, 0.2) is 0 Å². The second-order valence-corrected chi connectivity index (χ2v) is 12.0. The first kappa shape index (κ1) is 27.6. The molecular weight excluding hydrogens is 528 g/mol. The first-order valence-corrected chi connectivity index (χ1v) is 13.8. The van der Waals surface area contributed by atoms with Crippen molar-refractivity contribution in [2.45, 2.75) is 43.7 Å². The van der Waals surface area contributed by atoms with Crippen molar-refractivity contribution < 1.29 is 27.4 Å². The number of hydrogen-bond acceptors (Lipinski definition) is 6. The highest BCUT2D eigenvalue weighted by Gasteiger charge is 2.36. The number of aryl methyl sites for hydroxylation is 1. The van der Waals surface area contributed by atoms with Crippen molar-refractivity contribution in [1.82, 2.24) is 5.32 Å². The van der Waals surface area contributed by atoms with E-state index in [1.165, 1.54) is 25.3 Å². The van der Waals surface area contributed by atoms with E-state index in [0.717, 1.165) is 15.4 Å². The molecule has 1 aliphatic rings. The van der Waals surface area contributed by atoms with Gasteiger partial charge in [0.05, 0.1) is 35.9 Å². The molecule has 1 amide bonds. The number of hydrogen-bond donors (Lipinski definition) is 1. The normalized spacial score (nSPS) is 16.1. The summed E-state index contributed by atoms with van der Waals surface area (Å²) < 4.78 is 45.2. The molecule has 0 fully saturated rings. The van der Waals surface area contributed by atoms with Gasteiger partial charge < -0.3 is 19.5 Å². The monoisotopic (exact) mass is 558 g/mol. The Kier molecular flexibility index (Phi) is 7.80. The maximum atomic E-state index is 13.8. The van der Waals surface area contributed by atoms with Crippen LogP contribution in [0.3, 0.4) is 0 Å². The number of amides is 1. The molecule has 1 unspecified atom stereocenters. The Balaban J connectivity index is 1.68. The minimum atomic E-state index is -4.11. The van der Waals surface area contributed by atoms with Gasteiger partial charge in [0, 0.05) is 12.0 Å². The Morgan fingerprint density at radius 2 is 1.79 bits per heavy atom. The van der Waals surface area contributed by atoms with Crippen LogP contribution in [0, 0.1) is 6.92 Å². The molecule has 0 aliphatic carbocycles. The number of carbonyl (C=O) groups excluding carboxylic acids is 1. The molecule has 0 spiro atoms. The number of sulfonamides is 1. The average Bonchev–Trinajstić information content (AvgIpc) is 2.86. The molecule has 1 atom stereocenters. The lowest BCUT2D eigenvalue weighted by Gasteiger charge is -2.38. The van der Waals surface area contributed by atoms with E-state index in [1.807, 2.05) is 32.9 Å². The highest BCUT2D eigenvalue weighted by atomic mass is 35.5. The molecule has 0 aromatic heterocycles. The fourth-order valence-corrected chi connectivity index (χ4v) is 6.09. The molecule has 3 aromatic rings. The quantitative estimate of drug-likeness (QED) is 0.404. The molecular formula is C28H31ClN2O6S. The van der Waals surface area contributed by atoms with E-state index in [0.29, 0.717) is 23.7 Å². The van der Waals surface area contributed by atoms with E-state index in [-0.39, 0.29) is 15.6 Å². The minimum absolute atomic E-state index is 0.0603. The van der Waals surface area contributed by atoms with Gasteiger partial charge in [-0.25, -0.2) is 8.42 Å². The van der Waals surface area contributed by atoms with Gasteiger partial charge in [-0.3, -0.25) is 9.10 Å². The van der Waals surface area contributed by atoms with Crippen LogP contribution in [0.25, 0.3) is 0 Å². The first-order valence-electron chi connectivity index (χ1n) is 12.0. The second-order valence-electron chi connectivity index (χ2n) is 9.73. The summed E-state index contributed by atoms with van der Waals surface area (Å²) in [4.78, 5) is 13.5. The van der Waals surface area contributed by atoms with Crippen molar-refractivity contribution in [3.63, 3.8) is 0 Å². The third kappa shape index (κ3) is 5.84. The van der Waals surface area contributed by atoms with Crippen LogP contribution in [0.5, 0.6) is 17.2 Å². The van der Waals surface area contributed by atoms with Gasteiger partial charge in [-0.1, -0.05) is 29.3 Å². The SMILES string of the molecule is COc1ccc2c(c1)C(NC(=O)CN(c1ccc(OC)c(Cl)c1)S(=O)(=O)c1ccc(C)cc1)CC(C)(C)O2. The Labute approximate surface area is 228 Å². The lowest BCUT2D eigenvalue weighted by atomic mass is 9.89. The van der Waals surface area contributed by atoms with Crippen molar-refractivity contribution in [1.29, 1.82) is 0 Å². The van der Waals surface area contributed by atoms with Gasteiger partial charge in [-0.15, -0.1) is 0 Å². The zero-order valence-corrected chi connectivity index (χ0v) is 23.5. The van der Waals surface area contributed by atoms with E-state index in [9.17, 15) is 13.2 Å². The summed E-state index contributed by atoms with van der Waals surface area (Å²) in [6.45, 7) is 5.28. The summed E-state index contributed by atoms with van der Waals surface area (Å²) >= 11 is 6.33. The van der Waals surface area contributed by atoms with Gasteiger partial charge in [0.1, 0.15) is 29.4 Å². The third-order valence-corrected chi connectivity index (χ3v) is 8.41. The van der Waals surface area contributed by atoms with Crippen LogP contribution in [0.2, 0.25) is 5.02 Å². The second kappa shape index (κ2) is 10.7. The van der Waals surface area contributed by atoms with Gasteiger partial charge in [-0.05, 0) is 69.3 Å². The number of anilines is 1. The van der Waals surface area contributed by atoms with Crippen LogP contribution in [0.1, 0.15) is 37.4 Å². The Morgan fingerprint density at radius 3 is 2.42 bits per heavy atom. The van der Waals surface area contributed by atoms with Crippen molar-refractivity contribution in [3.05, 3.63) is 76.8 Å². The van der Waals surface area contributed by atoms with Crippen molar-refractivity contribution >= 4 is 33.2 Å². The van der Waals surface area contributed by atoms with Crippen LogP contribution < -0.4 is 23.8 Å². The number of nitrogens with zero attached hydrogens (tertiary/aromatic N) is 1. The average molecular weight is 559 g/mol. The predicted molar refractivity (Wildman–Crippen MR) is 147 cm³/mol. The highest BCUT2D eigenvalue weighted by Crippen LogP contribution is 2.41. The topological polar surface area (TPSA) is 94.2 Å². The zero-order valence-electron chi connectivity index (χ0n) is 21.9. The standard InChI is InChI=1S/C28H31ClN2O6S/c1-18-6-10-21(11-7-18)38(33,34)31(19-8-12-26(36-5)23(29)14-19)17-27(32)30-24-16-28(2,3)37-25-13-9-20(35-4)15-22(24)25/h6-15,24H,16-17H2,1-5H3,(H,30,32). The van der Waals surface area contributed by atoms with Crippen LogP contribution >= 0.6 is 11.6 Å². The molecule has 202 valence electrons. The first-order chi connectivity index (χ1) is 17.9. The number of benzene rings is 3. The molecule has 10 heteroatoms. The van der Waals surface area contributed by atoms with E-state index < -0.39 is 34.1 Å². The summed E-state index contributed by atoms with van der Waals surface area (Å²) in [7, 11) is -1.07. The fraction of sp³-hybridized carbons (Fsp3) is 0.321. The molecule has 0 bridgehead atoms. The van der Waals surface area contributed by atoms with Crippen LogP contribution in [0.15, 0.2) is 65.6 Å². The molecule has 3 aromatic carbocycles. The van der Waals surface area contributed by atoms with E-state index in [2.05, 4.69) is 5.32 Å². The summed E-state index contributed by atoms with van der Waals surface area (Å²) in [6, 6.07) is 16.0. The summed E-state index contributed by atoms with van der Waals surface area (Å²) in [5, 5.41) is 3.24. The summed E-state index contributed by atoms with van der Waals surface area (Å²) in [5.41, 5.74) is 1.37. The Hall–Kier alpha value is -3.43. The van der Waals surface area contributed by atoms with Gasteiger partial charge in [-0.2, -0.15) is 0 Å². The number of methoxy groups -OCH3 is 2. The van der Waals surface area contributed by atoms with Gasteiger partial charge >= 0.3 is 0 Å². The van der Waals surface area contributed by atoms with Crippen molar-refractivity contribution in [2.24, 2.45) is 0 Å². The molecule has 0 saturated carbocycles. The largest absolute Gasteiger partial charge is 0.497 e. The molecule has 4 rings (SSSR count). The number of halogens is 1. The summed E-state index contributed by atoms with van der Waals surface area (Å²) in [6.07, 6.45) is 0.484. The number of carbonyl (C=O) groups is 1. The van der Waals surface area contributed by atoms with E-state index >= 15 is 0 Å². The maximum absolute atomic E-state index is 13.8. The van der Waals surface area contributed by atoms with Gasteiger partial charge in [0.2, 0.25) is 5.91 Å².